The summed E-state index contributed by atoms with van der Waals surface area (Å²) in [6, 6.07) is 2.46. The molecule has 1 fully saturated rings. The van der Waals surface area contributed by atoms with Crippen molar-refractivity contribution in [1.29, 1.82) is 0 Å². The first-order valence-electron chi connectivity index (χ1n) is 6.73. The highest BCUT2D eigenvalue weighted by atomic mass is 79.9. The maximum atomic E-state index is 6.30. The molecular formula is C14H22BrNS. The zero-order valence-electron chi connectivity index (χ0n) is 10.3. The smallest absolute Gasteiger partial charge is 0.0314 e. The second-order valence-corrected chi connectivity index (χ2v) is 7.10. The van der Waals surface area contributed by atoms with Crippen LogP contribution in [0.3, 0.4) is 0 Å². The highest BCUT2D eigenvalue weighted by Crippen LogP contribution is 2.29. The number of nitrogens with two attached hydrogens (primary N) is 1. The van der Waals surface area contributed by atoms with Crippen LogP contribution >= 0.6 is 27.3 Å². The summed E-state index contributed by atoms with van der Waals surface area (Å²) >= 11 is 5.40. The number of thiophene rings is 1. The molecule has 1 aliphatic rings. The zero-order chi connectivity index (χ0) is 12.1. The van der Waals surface area contributed by atoms with Crippen LogP contribution in [-0.2, 0) is 6.42 Å². The highest BCUT2D eigenvalue weighted by molar-refractivity contribution is 9.10. The van der Waals surface area contributed by atoms with E-state index in [1.165, 1.54) is 54.3 Å². The van der Waals surface area contributed by atoms with Gasteiger partial charge in [0.05, 0.1) is 0 Å². The van der Waals surface area contributed by atoms with Crippen LogP contribution in [-0.4, -0.2) is 6.04 Å². The van der Waals surface area contributed by atoms with Crippen molar-refractivity contribution in [2.75, 3.05) is 0 Å². The molecule has 96 valence electrons. The van der Waals surface area contributed by atoms with Crippen LogP contribution in [0.5, 0.6) is 0 Å². The van der Waals surface area contributed by atoms with Crippen molar-refractivity contribution < 1.29 is 0 Å². The first kappa shape index (κ1) is 13.6. The Bertz CT molecular complexity index is 329. The SMILES string of the molecule is NC(Cc1sccc1Br)CC1CCCCCC1. The lowest BCUT2D eigenvalue weighted by atomic mass is 9.91. The second-order valence-electron chi connectivity index (χ2n) is 5.25. The predicted molar refractivity (Wildman–Crippen MR) is 79.5 cm³/mol. The summed E-state index contributed by atoms with van der Waals surface area (Å²) in [6.45, 7) is 0. The standard InChI is InChI=1S/C14H22BrNS/c15-13-7-8-17-14(13)10-12(16)9-11-5-3-1-2-4-6-11/h7-8,11-12H,1-6,9-10,16H2. The molecule has 0 amide bonds. The van der Waals surface area contributed by atoms with E-state index < -0.39 is 0 Å². The molecule has 1 aromatic rings. The van der Waals surface area contributed by atoms with Crippen LogP contribution in [0.25, 0.3) is 0 Å². The van der Waals surface area contributed by atoms with E-state index in [9.17, 15) is 0 Å². The van der Waals surface area contributed by atoms with Gasteiger partial charge in [-0.05, 0) is 46.1 Å². The summed E-state index contributed by atoms with van der Waals surface area (Å²) in [5.41, 5.74) is 6.30. The lowest BCUT2D eigenvalue weighted by Gasteiger charge is -2.19. The van der Waals surface area contributed by atoms with Gasteiger partial charge in [-0.1, -0.05) is 38.5 Å². The molecule has 1 aliphatic carbocycles. The van der Waals surface area contributed by atoms with Gasteiger partial charge < -0.3 is 5.73 Å². The Hall–Kier alpha value is 0.140. The van der Waals surface area contributed by atoms with Crippen molar-refractivity contribution in [3.8, 4) is 0 Å². The third-order valence-electron chi connectivity index (χ3n) is 3.75. The van der Waals surface area contributed by atoms with Crippen LogP contribution in [0, 0.1) is 5.92 Å². The first-order chi connectivity index (χ1) is 8.25. The van der Waals surface area contributed by atoms with Gasteiger partial charge in [0.15, 0.2) is 0 Å². The number of hydrogen-bond donors (Lipinski definition) is 1. The normalized spacial score (nSPS) is 20.1. The van der Waals surface area contributed by atoms with Crippen molar-refractivity contribution in [2.24, 2.45) is 11.7 Å². The molecule has 0 aliphatic heterocycles. The molecule has 1 heterocycles. The molecule has 1 atom stereocenters. The Balaban J connectivity index is 1.80. The van der Waals surface area contributed by atoms with Crippen molar-refractivity contribution in [3.05, 3.63) is 20.8 Å². The van der Waals surface area contributed by atoms with Gasteiger partial charge >= 0.3 is 0 Å². The minimum absolute atomic E-state index is 0.341. The summed E-state index contributed by atoms with van der Waals surface area (Å²) in [4.78, 5) is 1.41. The van der Waals surface area contributed by atoms with Gasteiger partial charge in [0.25, 0.3) is 0 Å². The molecule has 1 nitrogen and oxygen atoms in total. The van der Waals surface area contributed by atoms with Crippen LogP contribution in [0.1, 0.15) is 49.8 Å². The Kier molecular flexibility index (Phi) is 5.51. The Labute approximate surface area is 117 Å². The van der Waals surface area contributed by atoms with E-state index in [-0.39, 0.29) is 0 Å². The molecule has 0 aromatic carbocycles. The van der Waals surface area contributed by atoms with E-state index >= 15 is 0 Å². The molecule has 17 heavy (non-hydrogen) atoms. The minimum atomic E-state index is 0.341. The van der Waals surface area contributed by atoms with Crippen molar-refractivity contribution >= 4 is 27.3 Å². The highest BCUT2D eigenvalue weighted by Gasteiger charge is 2.17. The van der Waals surface area contributed by atoms with E-state index in [0.717, 1.165) is 12.3 Å². The Morgan fingerprint density at radius 3 is 2.59 bits per heavy atom. The van der Waals surface area contributed by atoms with Gasteiger partial charge in [0.2, 0.25) is 0 Å². The fourth-order valence-electron chi connectivity index (χ4n) is 2.82. The van der Waals surface area contributed by atoms with Gasteiger partial charge in [-0.2, -0.15) is 0 Å². The molecule has 0 radical (unpaired) electrons. The van der Waals surface area contributed by atoms with Crippen molar-refractivity contribution in [2.45, 2.75) is 57.4 Å². The third-order valence-corrected chi connectivity index (χ3v) is 5.70. The van der Waals surface area contributed by atoms with E-state index in [4.69, 9.17) is 5.73 Å². The van der Waals surface area contributed by atoms with Gasteiger partial charge in [0, 0.05) is 15.4 Å². The lowest BCUT2D eigenvalue weighted by Crippen LogP contribution is -2.25. The summed E-state index contributed by atoms with van der Waals surface area (Å²) in [5.74, 6) is 0.881. The average Bonchev–Trinajstić information content (AvgIpc) is 2.55. The molecule has 1 saturated carbocycles. The molecular weight excluding hydrogens is 294 g/mol. The van der Waals surface area contributed by atoms with E-state index in [2.05, 4.69) is 27.4 Å². The van der Waals surface area contributed by atoms with Crippen LogP contribution in [0.15, 0.2) is 15.9 Å². The monoisotopic (exact) mass is 315 g/mol. The molecule has 2 rings (SSSR count). The molecule has 1 unspecified atom stereocenters. The van der Waals surface area contributed by atoms with E-state index in [0.29, 0.717) is 6.04 Å². The van der Waals surface area contributed by atoms with Gasteiger partial charge in [-0.15, -0.1) is 11.3 Å². The Morgan fingerprint density at radius 2 is 2.00 bits per heavy atom. The lowest BCUT2D eigenvalue weighted by molar-refractivity contribution is 0.387. The topological polar surface area (TPSA) is 26.0 Å². The quantitative estimate of drug-likeness (QED) is 0.798. The van der Waals surface area contributed by atoms with E-state index in [1.807, 2.05) is 11.3 Å². The van der Waals surface area contributed by atoms with Crippen molar-refractivity contribution in [1.82, 2.24) is 0 Å². The Morgan fingerprint density at radius 1 is 1.29 bits per heavy atom. The molecule has 1 aromatic heterocycles. The van der Waals surface area contributed by atoms with Crippen molar-refractivity contribution in [3.63, 3.8) is 0 Å². The summed E-state index contributed by atoms with van der Waals surface area (Å²) < 4.78 is 1.24. The molecule has 0 spiro atoms. The summed E-state index contributed by atoms with van der Waals surface area (Å²) in [6.07, 6.45) is 10.8. The molecule has 0 saturated heterocycles. The summed E-state index contributed by atoms with van der Waals surface area (Å²) in [5, 5.41) is 2.14. The third kappa shape index (κ3) is 4.38. The first-order valence-corrected chi connectivity index (χ1v) is 8.40. The van der Waals surface area contributed by atoms with E-state index in [1.54, 1.807) is 0 Å². The molecule has 0 bridgehead atoms. The van der Waals surface area contributed by atoms with Crippen LogP contribution in [0.2, 0.25) is 0 Å². The molecule has 2 N–H and O–H groups in total. The largest absolute Gasteiger partial charge is 0.327 e. The van der Waals surface area contributed by atoms with Gasteiger partial charge in [-0.25, -0.2) is 0 Å². The van der Waals surface area contributed by atoms with Gasteiger partial charge in [0.1, 0.15) is 0 Å². The minimum Gasteiger partial charge on any atom is -0.327 e. The number of hydrogen-bond acceptors (Lipinski definition) is 2. The average molecular weight is 316 g/mol. The number of rotatable bonds is 4. The van der Waals surface area contributed by atoms with Crippen LogP contribution < -0.4 is 5.73 Å². The maximum absolute atomic E-state index is 6.30. The maximum Gasteiger partial charge on any atom is 0.0314 e. The van der Waals surface area contributed by atoms with Crippen LogP contribution in [0.4, 0.5) is 0 Å². The summed E-state index contributed by atoms with van der Waals surface area (Å²) in [7, 11) is 0. The zero-order valence-corrected chi connectivity index (χ0v) is 12.7. The number of halogens is 1. The fourth-order valence-corrected chi connectivity index (χ4v) is 4.43. The molecule has 3 heteroatoms. The van der Waals surface area contributed by atoms with Gasteiger partial charge in [-0.3, -0.25) is 0 Å². The fraction of sp³-hybridized carbons (Fsp3) is 0.714. The predicted octanol–water partition coefficient (Wildman–Crippen LogP) is 4.74. The second kappa shape index (κ2) is 6.91.